The zero-order chi connectivity index (χ0) is 32.3. The number of aromatic nitrogens is 7. The highest BCUT2D eigenvalue weighted by molar-refractivity contribution is 5.78. The number of nitrogens with one attached hydrogen (secondary N) is 1. The molecule has 0 spiro atoms. The number of aliphatic carboxylic acids is 1. The lowest BCUT2D eigenvalue weighted by Crippen LogP contribution is -2.36. The van der Waals surface area contributed by atoms with E-state index in [-0.39, 0.29) is 5.69 Å². The third-order valence-corrected chi connectivity index (χ3v) is 7.36. The summed E-state index contributed by atoms with van der Waals surface area (Å²) in [6.07, 6.45) is -0.307. The van der Waals surface area contributed by atoms with E-state index < -0.39 is 12.1 Å². The minimum absolute atomic E-state index is 0.384. The Kier molecular flexibility index (Phi) is 8.48. The van der Waals surface area contributed by atoms with Gasteiger partial charge in [-0.25, -0.2) is 28.9 Å². The van der Waals surface area contributed by atoms with Gasteiger partial charge in [0.05, 0.1) is 47.7 Å². The monoisotopic (exact) mass is 632 g/mol. The van der Waals surface area contributed by atoms with E-state index in [1.54, 1.807) is 4.68 Å². The summed E-state index contributed by atoms with van der Waals surface area (Å²) in [6, 6.07) is 22.4. The number of hydrogen-bond donors (Lipinski definition) is 2. The van der Waals surface area contributed by atoms with E-state index in [2.05, 4.69) is 33.2 Å². The van der Waals surface area contributed by atoms with Gasteiger partial charge in [0.1, 0.15) is 6.33 Å². The highest BCUT2D eigenvalue weighted by Gasteiger charge is 2.38. The van der Waals surface area contributed by atoms with Crippen molar-refractivity contribution in [2.24, 2.45) is 0 Å². The first-order valence-electron chi connectivity index (χ1n) is 14.3. The summed E-state index contributed by atoms with van der Waals surface area (Å²) in [7, 11) is 0. The number of carbonyl (C=O) groups is 1. The standard InChI is InChI=1S/C29H26N8O2.C2HF3O2/c38-29-30-19-36(34-29)23-10-6-21(7-11-23)27-25(12-9-22-8-5-20-3-1-2-4-24(20)32-22)33-28-26(13-14-31-37(27)28)35-15-17-39-18-16-35;3-2(4,5)1(6)7/h1-8,10-11,13-14,19H,9,12,15-18H2,(H,34,38);(H,6,7). The minimum atomic E-state index is -5.08. The van der Waals surface area contributed by atoms with Crippen molar-refractivity contribution in [1.29, 1.82) is 0 Å². The molecule has 0 atom stereocenters. The van der Waals surface area contributed by atoms with Gasteiger partial charge >= 0.3 is 17.8 Å². The van der Waals surface area contributed by atoms with Crippen molar-refractivity contribution >= 4 is 28.2 Å². The molecule has 4 aromatic heterocycles. The number of benzene rings is 2. The van der Waals surface area contributed by atoms with Gasteiger partial charge in [-0.2, -0.15) is 23.3 Å². The molecule has 2 aromatic carbocycles. The maximum atomic E-state index is 11.5. The number of imidazole rings is 1. The molecule has 0 radical (unpaired) electrons. The number of alkyl halides is 3. The number of aromatic amines is 1. The molecule has 15 heteroatoms. The zero-order valence-electron chi connectivity index (χ0n) is 24.2. The Balaban J connectivity index is 0.000000480. The van der Waals surface area contributed by atoms with E-state index in [1.165, 1.54) is 6.33 Å². The maximum Gasteiger partial charge on any atom is 0.490 e. The summed E-state index contributed by atoms with van der Waals surface area (Å²) in [6.45, 7) is 3.02. The van der Waals surface area contributed by atoms with Gasteiger partial charge < -0.3 is 14.7 Å². The summed E-state index contributed by atoms with van der Waals surface area (Å²) >= 11 is 0. The van der Waals surface area contributed by atoms with Crippen molar-refractivity contribution in [2.75, 3.05) is 31.2 Å². The van der Waals surface area contributed by atoms with Crippen molar-refractivity contribution in [3.8, 4) is 16.9 Å². The van der Waals surface area contributed by atoms with Crippen molar-refractivity contribution in [1.82, 2.24) is 34.3 Å². The molecule has 0 unspecified atom stereocenters. The Morgan fingerprint density at radius 2 is 1.70 bits per heavy atom. The van der Waals surface area contributed by atoms with Crippen LogP contribution in [-0.2, 0) is 22.4 Å². The first-order chi connectivity index (χ1) is 22.2. The summed E-state index contributed by atoms with van der Waals surface area (Å²) in [4.78, 5) is 36.5. The normalized spacial score (nSPS) is 13.5. The molecule has 7 rings (SSSR count). The summed E-state index contributed by atoms with van der Waals surface area (Å²) in [5.41, 5.74) is 7.23. The molecule has 0 saturated carbocycles. The minimum Gasteiger partial charge on any atom is -0.475 e. The number of ether oxygens (including phenoxy) is 1. The molecule has 46 heavy (non-hydrogen) atoms. The number of hydrogen-bond acceptors (Lipinski definition) is 8. The highest BCUT2D eigenvalue weighted by atomic mass is 19.4. The quantitative estimate of drug-likeness (QED) is 0.278. The van der Waals surface area contributed by atoms with Crippen molar-refractivity contribution < 1.29 is 27.8 Å². The first-order valence-corrected chi connectivity index (χ1v) is 14.3. The molecular weight excluding hydrogens is 605 g/mol. The number of halogens is 3. The largest absolute Gasteiger partial charge is 0.490 e. The SMILES string of the molecule is O=C(O)C(F)(F)F.O=c1ncn(-c2ccc(-c3c(CCc4ccc5ccccc5n4)nc4c(N5CCOCC5)ccnn34)cc2)[nH]1. The fraction of sp³-hybridized carbons (Fsp3) is 0.226. The topological polar surface area (TPSA) is 144 Å². The first kappa shape index (κ1) is 30.5. The summed E-state index contributed by atoms with van der Waals surface area (Å²) in [5.74, 6) is -2.76. The molecule has 1 aliphatic rings. The van der Waals surface area contributed by atoms with Crippen molar-refractivity contribution in [3.63, 3.8) is 0 Å². The lowest BCUT2D eigenvalue weighted by molar-refractivity contribution is -0.192. The second kappa shape index (κ2) is 12.8. The molecular formula is C31H27F3N8O4. The molecule has 236 valence electrons. The van der Waals surface area contributed by atoms with Crippen molar-refractivity contribution in [3.05, 3.63) is 101 Å². The molecule has 1 fully saturated rings. The summed E-state index contributed by atoms with van der Waals surface area (Å²) in [5, 5.41) is 15.7. The molecule has 2 N–H and O–H groups in total. The number of carboxylic acids is 1. The number of carboxylic acid groups (broad SMARTS) is 1. The Hall–Kier alpha value is -5.57. The Morgan fingerprint density at radius 3 is 2.39 bits per heavy atom. The smallest absolute Gasteiger partial charge is 0.475 e. The predicted octanol–water partition coefficient (Wildman–Crippen LogP) is 4.07. The van der Waals surface area contributed by atoms with Crippen LogP contribution in [0.5, 0.6) is 0 Å². The predicted molar refractivity (Wildman–Crippen MR) is 162 cm³/mol. The molecule has 1 saturated heterocycles. The number of rotatable bonds is 6. The Bertz CT molecular complexity index is 2050. The van der Waals surface area contributed by atoms with E-state index in [1.807, 2.05) is 59.2 Å². The number of para-hydroxylation sites is 1. The number of nitrogens with zero attached hydrogens (tertiary/aromatic N) is 7. The molecule has 0 aliphatic carbocycles. The van der Waals surface area contributed by atoms with Crippen LogP contribution in [-0.4, -0.2) is 77.9 Å². The molecule has 12 nitrogen and oxygen atoms in total. The van der Waals surface area contributed by atoms with Gasteiger partial charge in [0.2, 0.25) is 0 Å². The second-order valence-electron chi connectivity index (χ2n) is 10.3. The van der Waals surface area contributed by atoms with Crippen LogP contribution < -0.4 is 10.6 Å². The van der Waals surface area contributed by atoms with Crippen LogP contribution >= 0.6 is 0 Å². The number of morpholine rings is 1. The fourth-order valence-corrected chi connectivity index (χ4v) is 5.17. The lowest BCUT2D eigenvalue weighted by atomic mass is 10.1. The van der Waals surface area contributed by atoms with Gasteiger partial charge in [-0.3, -0.25) is 4.98 Å². The Labute approximate surface area is 258 Å². The zero-order valence-corrected chi connectivity index (χ0v) is 24.2. The second-order valence-corrected chi connectivity index (χ2v) is 10.3. The van der Waals surface area contributed by atoms with Gasteiger partial charge in [0, 0.05) is 29.7 Å². The average molecular weight is 633 g/mol. The number of H-pyrrole nitrogens is 1. The van der Waals surface area contributed by atoms with Crippen LogP contribution in [0.25, 0.3) is 33.5 Å². The van der Waals surface area contributed by atoms with Crippen molar-refractivity contribution in [2.45, 2.75) is 19.0 Å². The van der Waals surface area contributed by atoms with E-state index >= 15 is 0 Å². The highest BCUT2D eigenvalue weighted by Crippen LogP contribution is 2.31. The fourth-order valence-electron chi connectivity index (χ4n) is 5.17. The van der Waals surface area contributed by atoms with Gasteiger partial charge in [0.15, 0.2) is 5.65 Å². The van der Waals surface area contributed by atoms with E-state index in [9.17, 15) is 18.0 Å². The number of fused-ring (bicyclic) bond motifs is 2. The van der Waals surface area contributed by atoms with Crippen LogP contribution in [0, 0.1) is 0 Å². The average Bonchev–Trinajstić information content (AvgIpc) is 3.67. The van der Waals surface area contributed by atoms with Gasteiger partial charge in [0.25, 0.3) is 0 Å². The van der Waals surface area contributed by atoms with E-state index in [4.69, 9.17) is 29.7 Å². The lowest BCUT2D eigenvalue weighted by Gasteiger charge is -2.28. The van der Waals surface area contributed by atoms with Gasteiger partial charge in [-0.15, -0.1) is 0 Å². The van der Waals surface area contributed by atoms with Crippen LogP contribution in [0.4, 0.5) is 18.9 Å². The van der Waals surface area contributed by atoms with E-state index in [0.29, 0.717) is 19.6 Å². The summed E-state index contributed by atoms with van der Waals surface area (Å²) < 4.78 is 40.9. The van der Waals surface area contributed by atoms with Crippen LogP contribution in [0.15, 0.2) is 84.0 Å². The van der Waals surface area contributed by atoms with Gasteiger partial charge in [-0.05, 0) is 43.2 Å². The van der Waals surface area contributed by atoms with E-state index in [0.717, 1.165) is 70.1 Å². The Morgan fingerprint density at radius 1 is 0.957 bits per heavy atom. The maximum absolute atomic E-state index is 11.5. The number of pyridine rings is 1. The third-order valence-electron chi connectivity index (χ3n) is 7.36. The van der Waals surface area contributed by atoms with Crippen LogP contribution in [0.2, 0.25) is 0 Å². The van der Waals surface area contributed by atoms with Crippen LogP contribution in [0.1, 0.15) is 11.4 Å². The molecule has 1 aliphatic heterocycles. The van der Waals surface area contributed by atoms with Gasteiger partial charge in [-0.1, -0.05) is 36.4 Å². The molecule has 5 heterocycles. The number of anilines is 1. The molecule has 0 bridgehead atoms. The number of aryl methyl sites for hydroxylation is 2. The molecule has 6 aromatic rings. The van der Waals surface area contributed by atoms with Crippen LogP contribution in [0.3, 0.4) is 0 Å². The third kappa shape index (κ3) is 6.58. The molecule has 0 amide bonds.